The molecule has 1 unspecified atom stereocenters. The maximum Gasteiger partial charge on any atom is 0.250 e. The van der Waals surface area contributed by atoms with Crippen LogP contribution in [-0.4, -0.2) is 19.0 Å². The summed E-state index contributed by atoms with van der Waals surface area (Å²) < 4.78 is 23.8. The molecule has 1 fully saturated rings. The van der Waals surface area contributed by atoms with Gasteiger partial charge in [-0.05, 0) is 18.3 Å². The minimum atomic E-state index is -2.22. The molecule has 0 radical (unpaired) electrons. The topological polar surface area (TPSA) is 12.0 Å². The van der Waals surface area contributed by atoms with Gasteiger partial charge in [0.25, 0.3) is 6.43 Å². The van der Waals surface area contributed by atoms with Gasteiger partial charge in [-0.2, -0.15) is 0 Å². The van der Waals surface area contributed by atoms with Gasteiger partial charge in [0, 0.05) is 6.04 Å². The van der Waals surface area contributed by atoms with E-state index in [0.717, 1.165) is 19.3 Å². The van der Waals surface area contributed by atoms with Crippen LogP contribution in [0.3, 0.4) is 0 Å². The van der Waals surface area contributed by atoms with Crippen molar-refractivity contribution >= 4 is 0 Å². The van der Waals surface area contributed by atoms with E-state index in [1.807, 2.05) is 0 Å². The van der Waals surface area contributed by atoms with Crippen LogP contribution >= 0.6 is 0 Å². The Morgan fingerprint density at radius 3 is 2.58 bits per heavy atom. The van der Waals surface area contributed by atoms with Gasteiger partial charge in [0.2, 0.25) is 0 Å². The van der Waals surface area contributed by atoms with E-state index in [4.69, 9.17) is 0 Å². The second-order valence-corrected chi connectivity index (χ2v) is 4.23. The molecule has 12 heavy (non-hydrogen) atoms. The summed E-state index contributed by atoms with van der Waals surface area (Å²) in [6, 6.07) is 0.284. The second-order valence-electron chi connectivity index (χ2n) is 4.23. The lowest BCUT2D eigenvalue weighted by atomic mass is 9.87. The first kappa shape index (κ1) is 9.90. The highest BCUT2D eigenvalue weighted by molar-refractivity contribution is 4.90. The number of rotatable bonds is 3. The highest BCUT2D eigenvalue weighted by atomic mass is 19.3. The van der Waals surface area contributed by atoms with Crippen LogP contribution in [0.25, 0.3) is 0 Å². The lowest BCUT2D eigenvalue weighted by Gasteiger charge is -2.27. The van der Waals surface area contributed by atoms with Crippen molar-refractivity contribution in [1.82, 2.24) is 5.32 Å². The lowest BCUT2D eigenvalue weighted by molar-refractivity contribution is 0.132. The van der Waals surface area contributed by atoms with Crippen molar-refractivity contribution in [2.45, 2.75) is 45.6 Å². The van der Waals surface area contributed by atoms with Crippen LogP contribution in [0.4, 0.5) is 8.78 Å². The van der Waals surface area contributed by atoms with Crippen LogP contribution in [0.1, 0.15) is 33.1 Å². The van der Waals surface area contributed by atoms with E-state index in [2.05, 4.69) is 19.2 Å². The van der Waals surface area contributed by atoms with Crippen molar-refractivity contribution in [3.05, 3.63) is 0 Å². The summed E-state index contributed by atoms with van der Waals surface area (Å²) in [6.45, 7) is 4.13. The Morgan fingerprint density at radius 1 is 1.50 bits per heavy atom. The second kappa shape index (κ2) is 3.69. The Morgan fingerprint density at radius 2 is 2.17 bits per heavy atom. The molecule has 0 saturated heterocycles. The largest absolute Gasteiger partial charge is 0.308 e. The van der Waals surface area contributed by atoms with E-state index in [9.17, 15) is 8.78 Å². The molecule has 0 bridgehead atoms. The standard InChI is InChI=1S/C9H17F2N/c1-9(2)5-3-4-7(9)12-6-8(10)11/h7-8,12H,3-6H2,1-2H3. The van der Waals surface area contributed by atoms with Gasteiger partial charge in [-0.15, -0.1) is 0 Å². The molecule has 0 aromatic carbocycles. The fourth-order valence-corrected chi connectivity index (χ4v) is 1.94. The fraction of sp³-hybridized carbons (Fsp3) is 1.00. The smallest absolute Gasteiger partial charge is 0.250 e. The maximum atomic E-state index is 11.9. The summed E-state index contributed by atoms with van der Waals surface area (Å²) in [5.74, 6) is 0. The molecule has 0 spiro atoms. The molecule has 0 aliphatic heterocycles. The van der Waals surface area contributed by atoms with Crippen molar-refractivity contribution in [2.24, 2.45) is 5.41 Å². The van der Waals surface area contributed by atoms with Crippen molar-refractivity contribution in [3.8, 4) is 0 Å². The first-order valence-electron chi connectivity index (χ1n) is 4.54. The summed E-state index contributed by atoms with van der Waals surface area (Å²) in [4.78, 5) is 0. The summed E-state index contributed by atoms with van der Waals surface area (Å²) in [7, 11) is 0. The molecule has 72 valence electrons. The highest BCUT2D eigenvalue weighted by Gasteiger charge is 2.34. The Bertz CT molecular complexity index is 145. The average Bonchev–Trinajstić information content (AvgIpc) is 2.25. The van der Waals surface area contributed by atoms with Crippen LogP contribution < -0.4 is 5.32 Å². The van der Waals surface area contributed by atoms with E-state index in [1.54, 1.807) is 0 Å². The molecular weight excluding hydrogens is 160 g/mol. The Balaban J connectivity index is 2.32. The summed E-state index contributed by atoms with van der Waals surface area (Å²) >= 11 is 0. The molecule has 1 rings (SSSR count). The Hall–Kier alpha value is -0.180. The molecule has 1 N–H and O–H groups in total. The predicted octanol–water partition coefficient (Wildman–Crippen LogP) is 2.42. The van der Waals surface area contributed by atoms with Crippen LogP contribution in [0.15, 0.2) is 0 Å². The normalized spacial score (nSPS) is 28.2. The Labute approximate surface area is 72.5 Å². The van der Waals surface area contributed by atoms with E-state index in [0.29, 0.717) is 0 Å². The van der Waals surface area contributed by atoms with Crippen LogP contribution in [0.5, 0.6) is 0 Å². The molecule has 1 aliphatic rings. The summed E-state index contributed by atoms with van der Waals surface area (Å²) in [5.41, 5.74) is 0.203. The third-order valence-electron chi connectivity index (χ3n) is 2.78. The van der Waals surface area contributed by atoms with Crippen molar-refractivity contribution in [1.29, 1.82) is 0 Å². The van der Waals surface area contributed by atoms with Crippen LogP contribution in [-0.2, 0) is 0 Å². The number of alkyl halides is 2. The lowest BCUT2D eigenvalue weighted by Crippen LogP contribution is -2.40. The van der Waals surface area contributed by atoms with E-state index in [-0.39, 0.29) is 18.0 Å². The minimum absolute atomic E-state index is 0.159. The van der Waals surface area contributed by atoms with Gasteiger partial charge >= 0.3 is 0 Å². The molecule has 1 nitrogen and oxygen atoms in total. The van der Waals surface area contributed by atoms with E-state index < -0.39 is 6.43 Å². The minimum Gasteiger partial charge on any atom is -0.308 e. The summed E-state index contributed by atoms with van der Waals surface area (Å²) in [6.07, 6.45) is 1.13. The first-order valence-corrected chi connectivity index (χ1v) is 4.54. The van der Waals surface area contributed by atoms with E-state index in [1.165, 1.54) is 0 Å². The summed E-state index contributed by atoms with van der Waals surface area (Å²) in [5, 5.41) is 2.92. The van der Waals surface area contributed by atoms with Crippen molar-refractivity contribution in [3.63, 3.8) is 0 Å². The number of nitrogens with one attached hydrogen (secondary N) is 1. The molecule has 1 saturated carbocycles. The third-order valence-corrected chi connectivity index (χ3v) is 2.78. The van der Waals surface area contributed by atoms with Gasteiger partial charge in [-0.3, -0.25) is 0 Å². The molecule has 0 heterocycles. The van der Waals surface area contributed by atoms with Crippen LogP contribution in [0.2, 0.25) is 0 Å². The van der Waals surface area contributed by atoms with Gasteiger partial charge in [0.15, 0.2) is 0 Å². The van der Waals surface area contributed by atoms with Crippen LogP contribution in [0, 0.1) is 5.41 Å². The SMILES string of the molecule is CC1(C)CCCC1NCC(F)F. The number of hydrogen-bond donors (Lipinski definition) is 1. The first-order chi connectivity index (χ1) is 5.52. The Kier molecular flexibility index (Phi) is 3.04. The average molecular weight is 177 g/mol. The molecule has 1 atom stereocenters. The van der Waals surface area contributed by atoms with Gasteiger partial charge in [-0.25, -0.2) is 8.78 Å². The third kappa shape index (κ3) is 2.41. The molecule has 0 amide bonds. The van der Waals surface area contributed by atoms with Gasteiger partial charge in [-0.1, -0.05) is 20.3 Å². The zero-order valence-corrected chi connectivity index (χ0v) is 7.74. The van der Waals surface area contributed by atoms with Crippen molar-refractivity contribution in [2.75, 3.05) is 6.54 Å². The zero-order chi connectivity index (χ0) is 9.19. The quantitative estimate of drug-likeness (QED) is 0.698. The van der Waals surface area contributed by atoms with Crippen molar-refractivity contribution < 1.29 is 8.78 Å². The number of hydrogen-bond acceptors (Lipinski definition) is 1. The number of halogens is 2. The van der Waals surface area contributed by atoms with Gasteiger partial charge in [0.1, 0.15) is 0 Å². The van der Waals surface area contributed by atoms with Gasteiger partial charge in [0.05, 0.1) is 6.54 Å². The molecule has 0 aromatic heterocycles. The molecule has 0 aromatic rings. The monoisotopic (exact) mass is 177 g/mol. The van der Waals surface area contributed by atoms with Gasteiger partial charge < -0.3 is 5.32 Å². The molecular formula is C9H17F2N. The van der Waals surface area contributed by atoms with E-state index >= 15 is 0 Å². The highest BCUT2D eigenvalue weighted by Crippen LogP contribution is 2.37. The zero-order valence-electron chi connectivity index (χ0n) is 7.74. The molecule has 3 heteroatoms. The predicted molar refractivity (Wildman–Crippen MR) is 45.4 cm³/mol. The molecule has 1 aliphatic carbocycles. The fourth-order valence-electron chi connectivity index (χ4n) is 1.94. The maximum absolute atomic E-state index is 11.9.